The summed E-state index contributed by atoms with van der Waals surface area (Å²) in [7, 11) is 0. The predicted molar refractivity (Wildman–Crippen MR) is 228 cm³/mol. The molecule has 266 valence electrons. The van der Waals surface area contributed by atoms with Gasteiger partial charge in [-0.05, 0) is 98.8 Å². The molecule has 0 spiro atoms. The lowest BCUT2D eigenvalue weighted by atomic mass is 9.57. The first-order chi connectivity index (χ1) is 26.1. The molecule has 3 aliphatic heterocycles. The molecule has 2 nitrogen and oxygen atoms in total. The number of rotatable bonds is 6. The minimum Gasteiger partial charge on any atom is -0.312 e. The summed E-state index contributed by atoms with van der Waals surface area (Å²) in [5.41, 5.74) is 19.9. The van der Waals surface area contributed by atoms with E-state index in [4.69, 9.17) is 0 Å². The van der Waals surface area contributed by atoms with E-state index in [1.165, 1.54) is 72.8 Å². The van der Waals surface area contributed by atoms with Gasteiger partial charge >= 0.3 is 0 Å². The molecule has 0 saturated heterocycles. The first kappa shape index (κ1) is 33.0. The molecule has 1 aliphatic carbocycles. The first-order valence-corrected chi connectivity index (χ1v) is 19.8. The van der Waals surface area contributed by atoms with Crippen LogP contribution in [0.4, 0.5) is 28.4 Å². The van der Waals surface area contributed by atoms with Gasteiger partial charge in [-0.2, -0.15) is 0 Å². The van der Waals surface area contributed by atoms with E-state index >= 15 is 0 Å². The van der Waals surface area contributed by atoms with E-state index in [0.717, 1.165) is 17.8 Å². The first-order valence-electron chi connectivity index (χ1n) is 19.8. The highest BCUT2D eigenvalue weighted by Crippen LogP contribution is 2.66. The van der Waals surface area contributed by atoms with Gasteiger partial charge in [0.1, 0.15) is 0 Å². The van der Waals surface area contributed by atoms with Gasteiger partial charge in [-0.25, -0.2) is 0 Å². The molecule has 0 fully saturated rings. The van der Waals surface area contributed by atoms with Crippen LogP contribution >= 0.6 is 0 Å². The van der Waals surface area contributed by atoms with Crippen LogP contribution in [0.2, 0.25) is 0 Å². The van der Waals surface area contributed by atoms with Gasteiger partial charge < -0.3 is 9.80 Å². The molecular formula is C52H48N2. The van der Waals surface area contributed by atoms with E-state index in [2.05, 4.69) is 203 Å². The quantitative estimate of drug-likeness (QED) is 0.171. The Labute approximate surface area is 321 Å². The van der Waals surface area contributed by atoms with Crippen LogP contribution in [0.15, 0.2) is 163 Å². The van der Waals surface area contributed by atoms with Gasteiger partial charge in [0.15, 0.2) is 0 Å². The van der Waals surface area contributed by atoms with Gasteiger partial charge in [-0.1, -0.05) is 157 Å². The maximum atomic E-state index is 2.74. The SMILES string of the molecule is CC(C)C1c2cc(N(c3ccc(-c4ccccc4)cc3)c3cccc(-c4ccccc4)c3)cc3c2N2C4=C(C=CCC4C(C)(C)c4cccc1c42)C3(C)C. The Kier molecular flexibility index (Phi) is 7.31. The van der Waals surface area contributed by atoms with Gasteiger partial charge in [0.2, 0.25) is 0 Å². The van der Waals surface area contributed by atoms with Crippen LogP contribution in [0, 0.1) is 11.8 Å². The van der Waals surface area contributed by atoms with Crippen molar-refractivity contribution < 1.29 is 0 Å². The zero-order valence-corrected chi connectivity index (χ0v) is 32.3. The molecule has 2 atom stereocenters. The zero-order chi connectivity index (χ0) is 36.9. The van der Waals surface area contributed by atoms with Gasteiger partial charge in [-0.3, -0.25) is 0 Å². The second-order valence-corrected chi connectivity index (χ2v) is 17.2. The number of nitrogens with zero attached hydrogens (tertiary/aromatic N) is 2. The molecule has 6 aromatic carbocycles. The van der Waals surface area contributed by atoms with Crippen molar-refractivity contribution in [3.63, 3.8) is 0 Å². The molecule has 6 aromatic rings. The topological polar surface area (TPSA) is 6.48 Å². The van der Waals surface area contributed by atoms with Crippen molar-refractivity contribution in [3.05, 3.63) is 185 Å². The fourth-order valence-corrected chi connectivity index (χ4v) is 10.4. The Morgan fingerprint density at radius 3 is 1.91 bits per heavy atom. The van der Waals surface area contributed by atoms with Crippen molar-refractivity contribution in [1.29, 1.82) is 0 Å². The summed E-state index contributed by atoms with van der Waals surface area (Å²) in [4.78, 5) is 5.24. The lowest BCUT2D eigenvalue weighted by Gasteiger charge is -2.58. The largest absolute Gasteiger partial charge is 0.312 e. The molecule has 0 bridgehead atoms. The fourth-order valence-electron chi connectivity index (χ4n) is 10.4. The fraction of sp³-hybridized carbons (Fsp3) is 0.231. The smallest absolute Gasteiger partial charge is 0.0539 e. The van der Waals surface area contributed by atoms with Crippen LogP contribution in [0.25, 0.3) is 22.3 Å². The Morgan fingerprint density at radius 2 is 1.20 bits per heavy atom. The van der Waals surface area contributed by atoms with E-state index < -0.39 is 0 Å². The van der Waals surface area contributed by atoms with E-state index in [0.29, 0.717) is 11.8 Å². The van der Waals surface area contributed by atoms with E-state index in [1.807, 2.05) is 0 Å². The van der Waals surface area contributed by atoms with E-state index in [9.17, 15) is 0 Å². The van der Waals surface area contributed by atoms with Gasteiger partial charge in [0, 0.05) is 45.4 Å². The standard InChI is InChI=1S/C52H48N2/c1-33(2)47-41-22-14-23-43-48(41)54-49-42(47)31-40(32-46(49)52(5,6)45-25-15-24-44(50(45)54)51(43,3)4)53(38-28-26-36(27-29-38)34-16-9-7-10-17-34)39-21-13-20-37(30-39)35-18-11-8-12-19-35/h7-23,25-33,44,47H,24H2,1-6H3. The van der Waals surface area contributed by atoms with Crippen LogP contribution in [0.1, 0.15) is 76.1 Å². The van der Waals surface area contributed by atoms with Gasteiger partial charge in [0.05, 0.1) is 11.4 Å². The number of hydrogen-bond donors (Lipinski definition) is 0. The normalized spacial score (nSPS) is 19.5. The number of para-hydroxylation sites is 1. The van der Waals surface area contributed by atoms with Crippen molar-refractivity contribution in [3.8, 4) is 22.3 Å². The second kappa shape index (κ2) is 12.0. The third-order valence-corrected chi connectivity index (χ3v) is 13.1. The summed E-state index contributed by atoms with van der Waals surface area (Å²) in [6.07, 6.45) is 5.99. The number of allylic oxidation sites excluding steroid dienone is 4. The minimum absolute atomic E-state index is 0.0340. The van der Waals surface area contributed by atoms with Crippen LogP contribution in [0.5, 0.6) is 0 Å². The van der Waals surface area contributed by atoms with Crippen LogP contribution < -0.4 is 9.80 Å². The van der Waals surface area contributed by atoms with E-state index in [1.54, 1.807) is 0 Å². The summed E-state index contributed by atoms with van der Waals surface area (Å²) >= 11 is 0. The molecule has 0 amide bonds. The number of benzene rings is 6. The molecule has 4 aliphatic rings. The average Bonchev–Trinajstić information content (AvgIpc) is 3.19. The average molecular weight is 701 g/mol. The molecule has 54 heavy (non-hydrogen) atoms. The number of anilines is 5. The van der Waals surface area contributed by atoms with Crippen LogP contribution in [-0.2, 0) is 10.8 Å². The second-order valence-electron chi connectivity index (χ2n) is 17.2. The molecule has 2 unspecified atom stereocenters. The van der Waals surface area contributed by atoms with Crippen molar-refractivity contribution >= 4 is 28.4 Å². The lowest BCUT2D eigenvalue weighted by molar-refractivity contribution is 0.336. The molecule has 0 aromatic heterocycles. The van der Waals surface area contributed by atoms with Gasteiger partial charge in [0.25, 0.3) is 0 Å². The molecule has 0 saturated carbocycles. The highest BCUT2D eigenvalue weighted by molar-refractivity contribution is 5.93. The van der Waals surface area contributed by atoms with Crippen LogP contribution in [0.3, 0.4) is 0 Å². The Hall–Kier alpha value is -5.60. The molecular weight excluding hydrogens is 653 g/mol. The zero-order valence-electron chi connectivity index (χ0n) is 32.3. The maximum absolute atomic E-state index is 2.74. The maximum Gasteiger partial charge on any atom is 0.0539 e. The Bertz CT molecular complexity index is 2500. The van der Waals surface area contributed by atoms with Crippen molar-refractivity contribution in [2.24, 2.45) is 11.8 Å². The van der Waals surface area contributed by atoms with E-state index in [-0.39, 0.29) is 16.7 Å². The number of hydrogen-bond acceptors (Lipinski definition) is 2. The summed E-state index contributed by atoms with van der Waals surface area (Å²) in [6.45, 7) is 14.8. The predicted octanol–water partition coefficient (Wildman–Crippen LogP) is 14.1. The summed E-state index contributed by atoms with van der Waals surface area (Å²) in [5, 5.41) is 0. The summed E-state index contributed by atoms with van der Waals surface area (Å²) in [6, 6.07) is 52.0. The minimum atomic E-state index is -0.183. The van der Waals surface area contributed by atoms with Gasteiger partial charge in [-0.15, -0.1) is 0 Å². The molecule has 3 heterocycles. The summed E-state index contributed by atoms with van der Waals surface area (Å²) in [5.74, 6) is 1.12. The van der Waals surface area contributed by atoms with Crippen LogP contribution in [-0.4, -0.2) is 0 Å². The third-order valence-electron chi connectivity index (χ3n) is 13.1. The molecule has 0 radical (unpaired) electrons. The Balaban J connectivity index is 1.24. The monoisotopic (exact) mass is 700 g/mol. The Morgan fingerprint density at radius 1 is 0.574 bits per heavy atom. The molecule has 2 heteroatoms. The van der Waals surface area contributed by atoms with Crippen molar-refractivity contribution in [1.82, 2.24) is 0 Å². The highest BCUT2D eigenvalue weighted by atomic mass is 15.2. The van der Waals surface area contributed by atoms with Crippen molar-refractivity contribution in [2.75, 3.05) is 9.80 Å². The third kappa shape index (κ3) is 4.72. The summed E-state index contributed by atoms with van der Waals surface area (Å²) < 4.78 is 0. The molecule has 10 rings (SSSR count). The lowest BCUT2D eigenvalue weighted by Crippen LogP contribution is -2.49. The highest BCUT2D eigenvalue weighted by Gasteiger charge is 2.54. The van der Waals surface area contributed by atoms with Crippen molar-refractivity contribution in [2.45, 2.75) is 64.7 Å². The molecule has 0 N–H and O–H groups in total.